The van der Waals surface area contributed by atoms with Gasteiger partial charge in [0.1, 0.15) is 11.0 Å². The maximum atomic E-state index is 14.2. The third-order valence-electron chi connectivity index (χ3n) is 6.05. The Morgan fingerprint density at radius 3 is 2.32 bits per heavy atom. The summed E-state index contributed by atoms with van der Waals surface area (Å²) >= 11 is 1.65. The largest absolute Gasteiger partial charge is 0.281 e. The second kappa shape index (κ2) is 7.13. The van der Waals surface area contributed by atoms with Crippen LogP contribution in [0.25, 0.3) is 59.5 Å². The molecule has 0 bridgehead atoms. The van der Waals surface area contributed by atoms with Crippen LogP contribution in [0.4, 0.5) is 8.78 Å². The number of aromatic nitrogens is 4. The molecule has 0 saturated carbocycles. The van der Waals surface area contributed by atoms with Crippen LogP contribution in [0.3, 0.4) is 0 Å². The van der Waals surface area contributed by atoms with E-state index in [1.165, 1.54) is 6.07 Å². The third kappa shape index (κ3) is 2.77. The van der Waals surface area contributed by atoms with Gasteiger partial charge in [-0.15, -0.1) is 0 Å². The maximum Gasteiger partial charge on any atom is 0.223 e. The molecule has 7 rings (SSSR count). The Bertz CT molecular complexity index is 1880. The lowest BCUT2D eigenvalue weighted by Gasteiger charge is -2.09. The highest BCUT2D eigenvalue weighted by Crippen LogP contribution is 2.38. The van der Waals surface area contributed by atoms with E-state index >= 15 is 0 Å². The number of fused-ring (bicyclic) bond motifs is 7. The molecule has 162 valence electrons. The highest BCUT2D eigenvalue weighted by Gasteiger charge is 2.19. The van der Waals surface area contributed by atoms with E-state index in [1.807, 2.05) is 48.5 Å². The van der Waals surface area contributed by atoms with Crippen molar-refractivity contribution in [2.45, 2.75) is 0 Å². The Labute approximate surface area is 195 Å². The predicted octanol–water partition coefficient (Wildman–Crippen LogP) is 7.26. The molecule has 4 nitrogen and oxygen atoms in total. The molecular weight excluding hydrogens is 450 g/mol. The molecule has 0 saturated heterocycles. The van der Waals surface area contributed by atoms with Crippen LogP contribution in [0.15, 0.2) is 84.9 Å². The molecule has 4 aromatic heterocycles. The van der Waals surface area contributed by atoms with Crippen molar-refractivity contribution in [2.75, 3.05) is 0 Å². The number of para-hydroxylation sites is 2. The average Bonchev–Trinajstić information content (AvgIpc) is 3.40. The number of thiazole rings is 1. The summed E-state index contributed by atoms with van der Waals surface area (Å²) in [4.78, 5) is 14.2. The summed E-state index contributed by atoms with van der Waals surface area (Å²) in [6.07, 6.45) is 0. The van der Waals surface area contributed by atoms with Gasteiger partial charge >= 0.3 is 0 Å². The van der Waals surface area contributed by atoms with Gasteiger partial charge in [0.05, 0.1) is 21.4 Å². The molecule has 7 heteroatoms. The van der Waals surface area contributed by atoms with E-state index in [1.54, 1.807) is 23.5 Å². The molecule has 0 aliphatic heterocycles. The molecule has 0 amide bonds. The van der Waals surface area contributed by atoms with Gasteiger partial charge in [-0.25, -0.2) is 9.97 Å². The number of benzene rings is 3. The molecule has 0 aliphatic carbocycles. The Morgan fingerprint density at radius 1 is 0.706 bits per heavy atom. The van der Waals surface area contributed by atoms with Gasteiger partial charge in [-0.05, 0) is 35.9 Å². The minimum atomic E-state index is -0.839. The fourth-order valence-corrected chi connectivity index (χ4v) is 5.53. The average molecular weight is 465 g/mol. The van der Waals surface area contributed by atoms with E-state index in [4.69, 9.17) is 9.97 Å². The summed E-state index contributed by atoms with van der Waals surface area (Å²) in [6.45, 7) is 0. The lowest BCUT2D eigenvalue weighted by molar-refractivity contribution is 0.515. The molecule has 0 spiro atoms. The zero-order valence-electron chi connectivity index (χ0n) is 17.5. The van der Waals surface area contributed by atoms with Gasteiger partial charge in [0.2, 0.25) is 11.9 Å². The molecule has 0 aliphatic rings. The minimum absolute atomic E-state index is 0.250. The predicted molar refractivity (Wildman–Crippen MR) is 132 cm³/mol. The summed E-state index contributed by atoms with van der Waals surface area (Å²) in [7, 11) is 0. The quantitative estimate of drug-likeness (QED) is 0.253. The second-order valence-electron chi connectivity index (χ2n) is 8.02. The van der Waals surface area contributed by atoms with Crippen LogP contribution in [-0.4, -0.2) is 19.4 Å². The van der Waals surface area contributed by atoms with E-state index in [0.717, 1.165) is 54.4 Å². The molecule has 0 fully saturated rings. The van der Waals surface area contributed by atoms with Gasteiger partial charge in [-0.3, -0.25) is 4.40 Å². The highest BCUT2D eigenvalue weighted by atomic mass is 32.1. The van der Waals surface area contributed by atoms with Gasteiger partial charge in [0.15, 0.2) is 4.96 Å². The molecule has 0 atom stereocenters. The van der Waals surface area contributed by atoms with Crippen LogP contribution in [0.1, 0.15) is 0 Å². The van der Waals surface area contributed by atoms with E-state index in [-0.39, 0.29) is 5.56 Å². The Hall–Kier alpha value is -4.23. The Balaban J connectivity index is 1.52. The van der Waals surface area contributed by atoms with Crippen LogP contribution in [-0.2, 0) is 0 Å². The summed E-state index contributed by atoms with van der Waals surface area (Å²) in [5.74, 6) is -1.67. The minimum Gasteiger partial charge on any atom is -0.281 e. The van der Waals surface area contributed by atoms with Gasteiger partial charge in [-0.2, -0.15) is 13.8 Å². The lowest BCUT2D eigenvalue weighted by atomic mass is 10.0. The van der Waals surface area contributed by atoms with Crippen molar-refractivity contribution in [1.82, 2.24) is 19.4 Å². The second-order valence-corrected chi connectivity index (χ2v) is 9.03. The van der Waals surface area contributed by atoms with Crippen LogP contribution in [0, 0.1) is 11.9 Å². The van der Waals surface area contributed by atoms with Crippen molar-refractivity contribution >= 4 is 48.5 Å². The van der Waals surface area contributed by atoms with Crippen LogP contribution < -0.4 is 0 Å². The SMILES string of the molecule is Fc1ccc(-c2ccc(-c3nc4ccccc4c4nc5sc6ccccc6n5c34)cc2)c(F)n1. The molecular formula is C27H14F2N4S. The molecule has 0 radical (unpaired) electrons. The molecule has 34 heavy (non-hydrogen) atoms. The van der Waals surface area contributed by atoms with Crippen molar-refractivity contribution < 1.29 is 8.78 Å². The van der Waals surface area contributed by atoms with E-state index in [2.05, 4.69) is 21.5 Å². The normalized spacial score (nSPS) is 11.8. The van der Waals surface area contributed by atoms with E-state index < -0.39 is 11.9 Å². The highest BCUT2D eigenvalue weighted by molar-refractivity contribution is 7.23. The fourth-order valence-electron chi connectivity index (χ4n) is 4.51. The molecule has 7 aromatic rings. The van der Waals surface area contributed by atoms with Gasteiger partial charge in [-0.1, -0.05) is 65.9 Å². The maximum absolute atomic E-state index is 14.2. The van der Waals surface area contributed by atoms with Gasteiger partial charge < -0.3 is 0 Å². The Morgan fingerprint density at radius 2 is 1.47 bits per heavy atom. The van der Waals surface area contributed by atoms with Crippen molar-refractivity contribution in [3.8, 4) is 22.4 Å². The topological polar surface area (TPSA) is 43.1 Å². The number of nitrogens with zero attached hydrogens (tertiary/aromatic N) is 4. The molecule has 4 heterocycles. The number of halogens is 2. The summed E-state index contributed by atoms with van der Waals surface area (Å²) < 4.78 is 30.8. The fraction of sp³-hybridized carbons (Fsp3) is 0. The number of pyridine rings is 2. The first-order chi connectivity index (χ1) is 16.7. The number of hydrogen-bond acceptors (Lipinski definition) is 4. The van der Waals surface area contributed by atoms with Crippen molar-refractivity contribution in [3.63, 3.8) is 0 Å². The zero-order chi connectivity index (χ0) is 22.8. The molecule has 3 aromatic carbocycles. The standard InChI is InChI=1S/C27H14F2N4S/c28-22-14-13-17(26(29)31-22)15-9-11-16(12-10-15)23-25-24(18-5-1-2-6-19(18)30-23)32-27-33(25)20-7-3-4-8-21(20)34-27/h1-14H. The third-order valence-corrected chi connectivity index (χ3v) is 7.08. The summed E-state index contributed by atoms with van der Waals surface area (Å²) in [5.41, 5.74) is 6.33. The molecule has 0 N–H and O–H groups in total. The zero-order valence-corrected chi connectivity index (χ0v) is 18.4. The van der Waals surface area contributed by atoms with E-state index in [9.17, 15) is 8.78 Å². The van der Waals surface area contributed by atoms with Gasteiger partial charge in [0, 0.05) is 16.5 Å². The first-order valence-electron chi connectivity index (χ1n) is 10.7. The van der Waals surface area contributed by atoms with Crippen molar-refractivity contribution in [1.29, 1.82) is 0 Å². The number of imidazole rings is 1. The number of rotatable bonds is 2. The lowest BCUT2D eigenvalue weighted by Crippen LogP contribution is -1.94. The first-order valence-corrected chi connectivity index (χ1v) is 11.5. The van der Waals surface area contributed by atoms with Gasteiger partial charge in [0.25, 0.3) is 0 Å². The smallest absolute Gasteiger partial charge is 0.223 e. The van der Waals surface area contributed by atoms with Crippen LogP contribution in [0.5, 0.6) is 0 Å². The van der Waals surface area contributed by atoms with Crippen molar-refractivity contribution in [3.05, 3.63) is 96.8 Å². The summed E-state index contributed by atoms with van der Waals surface area (Å²) in [6, 6.07) is 26.2. The van der Waals surface area contributed by atoms with Crippen molar-refractivity contribution in [2.24, 2.45) is 0 Å². The monoisotopic (exact) mass is 464 g/mol. The molecule has 0 unspecified atom stereocenters. The van der Waals surface area contributed by atoms with E-state index in [0.29, 0.717) is 5.56 Å². The summed E-state index contributed by atoms with van der Waals surface area (Å²) in [5, 5.41) is 0.998. The Kier molecular flexibility index (Phi) is 4.04. The first kappa shape index (κ1) is 19.3. The number of hydrogen-bond donors (Lipinski definition) is 0. The van der Waals surface area contributed by atoms with Crippen LogP contribution in [0.2, 0.25) is 0 Å². The van der Waals surface area contributed by atoms with Crippen LogP contribution >= 0.6 is 11.3 Å².